The van der Waals surface area contributed by atoms with Crippen LogP contribution >= 0.6 is 0 Å². The van der Waals surface area contributed by atoms with E-state index in [1.807, 2.05) is 0 Å². The molecule has 0 atom stereocenters. The SMILES string of the molecule is Cn1ccc(Cn2c3c(c(O)c(C(=O)NCC(=O)O)c2=O)COCC3)n1. The van der Waals surface area contributed by atoms with Crippen LogP contribution < -0.4 is 10.9 Å². The van der Waals surface area contributed by atoms with Crippen LogP contribution in [0.15, 0.2) is 17.1 Å². The van der Waals surface area contributed by atoms with Crippen molar-refractivity contribution in [3.05, 3.63) is 45.1 Å². The van der Waals surface area contributed by atoms with Crippen LogP contribution in [0, 0.1) is 0 Å². The summed E-state index contributed by atoms with van der Waals surface area (Å²) < 4.78 is 8.32. The van der Waals surface area contributed by atoms with Crippen molar-refractivity contribution in [3.8, 4) is 5.75 Å². The summed E-state index contributed by atoms with van der Waals surface area (Å²) >= 11 is 0. The van der Waals surface area contributed by atoms with Gasteiger partial charge in [0, 0.05) is 30.9 Å². The number of carboxylic acids is 1. The highest BCUT2D eigenvalue weighted by Gasteiger charge is 2.28. The number of carbonyl (C=O) groups is 2. The molecule has 0 radical (unpaired) electrons. The Hall–Kier alpha value is -3.14. The minimum Gasteiger partial charge on any atom is -0.506 e. The Morgan fingerprint density at radius 3 is 2.85 bits per heavy atom. The van der Waals surface area contributed by atoms with Crippen molar-refractivity contribution in [1.29, 1.82) is 0 Å². The number of pyridine rings is 1. The van der Waals surface area contributed by atoms with E-state index < -0.39 is 35.3 Å². The number of amides is 1. The summed E-state index contributed by atoms with van der Waals surface area (Å²) in [5.74, 6) is -2.67. The molecule has 0 saturated heterocycles. The van der Waals surface area contributed by atoms with E-state index >= 15 is 0 Å². The molecule has 1 aliphatic heterocycles. The number of rotatable bonds is 5. The number of carboxylic acid groups (broad SMARTS) is 1. The van der Waals surface area contributed by atoms with Crippen LogP contribution in [-0.2, 0) is 36.2 Å². The molecule has 1 amide bonds. The van der Waals surface area contributed by atoms with Crippen LogP contribution in [0.3, 0.4) is 0 Å². The lowest BCUT2D eigenvalue weighted by Gasteiger charge is -2.23. The number of ether oxygens (including phenoxy) is 1. The second-order valence-corrected chi connectivity index (χ2v) is 5.90. The molecule has 138 valence electrons. The summed E-state index contributed by atoms with van der Waals surface area (Å²) in [5.41, 5.74) is 0.362. The van der Waals surface area contributed by atoms with Gasteiger partial charge in [-0.2, -0.15) is 5.10 Å². The minimum atomic E-state index is -1.26. The molecule has 0 unspecified atom stereocenters. The first-order chi connectivity index (χ1) is 12.4. The summed E-state index contributed by atoms with van der Waals surface area (Å²) in [6.45, 7) is -0.0887. The number of aromatic nitrogens is 3. The fourth-order valence-corrected chi connectivity index (χ4v) is 2.92. The van der Waals surface area contributed by atoms with E-state index in [-0.39, 0.29) is 13.2 Å². The number of hydrogen-bond donors (Lipinski definition) is 3. The predicted octanol–water partition coefficient (Wildman–Crippen LogP) is -0.777. The molecule has 0 saturated carbocycles. The van der Waals surface area contributed by atoms with Crippen molar-refractivity contribution in [2.45, 2.75) is 19.6 Å². The van der Waals surface area contributed by atoms with Gasteiger partial charge in [-0.1, -0.05) is 0 Å². The number of aryl methyl sites for hydroxylation is 1. The molecule has 3 heterocycles. The van der Waals surface area contributed by atoms with Crippen LogP contribution in [0.25, 0.3) is 0 Å². The van der Waals surface area contributed by atoms with Gasteiger partial charge >= 0.3 is 5.97 Å². The van der Waals surface area contributed by atoms with Crippen molar-refractivity contribution in [2.75, 3.05) is 13.2 Å². The number of carbonyl (C=O) groups excluding carboxylic acids is 1. The van der Waals surface area contributed by atoms with Gasteiger partial charge in [0.1, 0.15) is 17.9 Å². The van der Waals surface area contributed by atoms with Gasteiger partial charge in [-0.05, 0) is 6.07 Å². The van der Waals surface area contributed by atoms with E-state index in [9.17, 15) is 19.5 Å². The standard InChI is InChI=1S/C16H18N4O6/c1-19-4-2-9(18-19)7-20-11-3-5-26-8-10(11)14(23)13(16(20)25)15(24)17-6-12(21)22/h2,4,23H,3,5-8H2,1H3,(H,17,24)(H,21,22). The van der Waals surface area contributed by atoms with Crippen LogP contribution in [0.4, 0.5) is 0 Å². The first kappa shape index (κ1) is 17.7. The average Bonchev–Trinajstić information content (AvgIpc) is 3.02. The Kier molecular flexibility index (Phi) is 4.76. The average molecular weight is 362 g/mol. The monoisotopic (exact) mass is 362 g/mol. The fourth-order valence-electron chi connectivity index (χ4n) is 2.92. The third-order valence-electron chi connectivity index (χ3n) is 4.10. The minimum absolute atomic E-state index is 0.0584. The highest BCUT2D eigenvalue weighted by molar-refractivity contribution is 5.98. The molecular weight excluding hydrogens is 344 g/mol. The maximum Gasteiger partial charge on any atom is 0.322 e. The van der Waals surface area contributed by atoms with E-state index in [4.69, 9.17) is 9.84 Å². The topological polar surface area (TPSA) is 136 Å². The van der Waals surface area contributed by atoms with Crippen molar-refractivity contribution in [2.24, 2.45) is 7.05 Å². The van der Waals surface area contributed by atoms with Crippen molar-refractivity contribution in [3.63, 3.8) is 0 Å². The van der Waals surface area contributed by atoms with Gasteiger partial charge in [-0.15, -0.1) is 0 Å². The quantitative estimate of drug-likeness (QED) is 0.635. The Balaban J connectivity index is 2.10. The van der Waals surface area contributed by atoms with Crippen molar-refractivity contribution in [1.82, 2.24) is 19.7 Å². The molecule has 1 aliphatic rings. The molecule has 3 rings (SSSR count). The van der Waals surface area contributed by atoms with Crippen LogP contribution in [0.2, 0.25) is 0 Å². The first-order valence-electron chi connectivity index (χ1n) is 7.92. The maximum atomic E-state index is 12.9. The Morgan fingerprint density at radius 1 is 1.42 bits per heavy atom. The second-order valence-electron chi connectivity index (χ2n) is 5.90. The second kappa shape index (κ2) is 7.00. The lowest BCUT2D eigenvalue weighted by Crippen LogP contribution is -2.38. The van der Waals surface area contributed by atoms with Gasteiger partial charge in [0.15, 0.2) is 0 Å². The van der Waals surface area contributed by atoms with Crippen molar-refractivity contribution < 1.29 is 24.5 Å². The smallest absolute Gasteiger partial charge is 0.322 e. The van der Waals surface area contributed by atoms with E-state index in [2.05, 4.69) is 10.4 Å². The zero-order valence-corrected chi connectivity index (χ0v) is 14.1. The third-order valence-corrected chi connectivity index (χ3v) is 4.10. The van der Waals surface area contributed by atoms with Gasteiger partial charge in [0.25, 0.3) is 11.5 Å². The van der Waals surface area contributed by atoms with Gasteiger partial charge < -0.3 is 24.8 Å². The Morgan fingerprint density at radius 2 is 2.19 bits per heavy atom. The number of nitrogens with zero attached hydrogens (tertiary/aromatic N) is 3. The van der Waals surface area contributed by atoms with Crippen molar-refractivity contribution >= 4 is 11.9 Å². The lowest BCUT2D eigenvalue weighted by molar-refractivity contribution is -0.135. The molecule has 0 spiro atoms. The van der Waals surface area contributed by atoms with Gasteiger partial charge in [-0.3, -0.25) is 19.1 Å². The summed E-state index contributed by atoms with van der Waals surface area (Å²) in [6.07, 6.45) is 2.14. The molecule has 0 fully saturated rings. The zero-order valence-electron chi connectivity index (χ0n) is 14.1. The number of aliphatic carboxylic acids is 1. The van der Waals surface area contributed by atoms with E-state index in [1.165, 1.54) is 4.57 Å². The Labute approximate surface area is 147 Å². The summed E-state index contributed by atoms with van der Waals surface area (Å²) in [4.78, 5) is 35.8. The summed E-state index contributed by atoms with van der Waals surface area (Å²) in [7, 11) is 1.75. The number of fused-ring (bicyclic) bond motifs is 1. The van der Waals surface area contributed by atoms with Crippen LogP contribution in [0.5, 0.6) is 5.75 Å². The predicted molar refractivity (Wildman–Crippen MR) is 88.0 cm³/mol. The Bertz CT molecular complexity index is 930. The lowest BCUT2D eigenvalue weighted by atomic mass is 10.0. The van der Waals surface area contributed by atoms with Gasteiger partial charge in [0.2, 0.25) is 0 Å². The first-order valence-corrected chi connectivity index (χ1v) is 7.92. The highest BCUT2D eigenvalue weighted by Crippen LogP contribution is 2.28. The molecule has 3 N–H and O–H groups in total. The largest absolute Gasteiger partial charge is 0.506 e. The molecule has 10 heteroatoms. The molecular formula is C16H18N4O6. The van der Waals surface area contributed by atoms with E-state index in [0.717, 1.165) is 0 Å². The number of hydrogen-bond acceptors (Lipinski definition) is 6. The number of aromatic hydroxyl groups is 1. The normalized spacial score (nSPS) is 13.3. The van der Waals surface area contributed by atoms with E-state index in [1.54, 1.807) is 24.0 Å². The number of nitrogens with one attached hydrogen (secondary N) is 1. The highest BCUT2D eigenvalue weighted by atomic mass is 16.5. The molecule has 0 bridgehead atoms. The third kappa shape index (κ3) is 3.31. The van der Waals surface area contributed by atoms with Crippen LogP contribution in [0.1, 0.15) is 27.3 Å². The zero-order chi connectivity index (χ0) is 18.8. The summed E-state index contributed by atoms with van der Waals surface area (Å²) in [5, 5.41) is 25.5. The molecule has 2 aromatic rings. The maximum absolute atomic E-state index is 12.9. The molecule has 2 aromatic heterocycles. The molecule has 26 heavy (non-hydrogen) atoms. The van der Waals surface area contributed by atoms with Crippen LogP contribution in [-0.4, -0.2) is 49.6 Å². The van der Waals surface area contributed by atoms with Gasteiger partial charge in [-0.25, -0.2) is 0 Å². The molecule has 0 aliphatic carbocycles. The molecule has 0 aromatic carbocycles. The molecule has 10 nitrogen and oxygen atoms in total. The summed E-state index contributed by atoms with van der Waals surface area (Å²) in [6, 6.07) is 1.75. The van der Waals surface area contributed by atoms with E-state index in [0.29, 0.717) is 30.0 Å². The fraction of sp³-hybridized carbons (Fsp3) is 0.375. The van der Waals surface area contributed by atoms with Gasteiger partial charge in [0.05, 0.1) is 25.5 Å².